The number of hydrogen-bond donors (Lipinski definition) is 1. The zero-order chi connectivity index (χ0) is 10.7. The third kappa shape index (κ3) is 2.73. The van der Waals surface area contributed by atoms with Gasteiger partial charge in [0.05, 0.1) is 0 Å². The summed E-state index contributed by atoms with van der Waals surface area (Å²) in [6.07, 6.45) is 5.51. The van der Waals surface area contributed by atoms with Crippen molar-refractivity contribution in [3.8, 4) is 0 Å². The zero-order valence-corrected chi connectivity index (χ0v) is 10.3. The molecule has 3 saturated heterocycles. The maximum absolute atomic E-state index is 3.81. The highest BCUT2D eigenvalue weighted by Crippen LogP contribution is 2.27. The fourth-order valence-corrected chi connectivity index (χ4v) is 3.09. The molecule has 0 aromatic rings. The molecule has 0 aliphatic carbocycles. The van der Waals surface area contributed by atoms with E-state index in [-0.39, 0.29) is 0 Å². The summed E-state index contributed by atoms with van der Waals surface area (Å²) in [6, 6.07) is 0.799. The molecule has 3 rings (SSSR count). The molecule has 88 valence electrons. The van der Waals surface area contributed by atoms with Crippen LogP contribution in [0.5, 0.6) is 0 Å². The Morgan fingerprint density at radius 3 is 2.33 bits per heavy atom. The summed E-state index contributed by atoms with van der Waals surface area (Å²) in [5.74, 6) is 1.87. The molecule has 3 heterocycles. The lowest BCUT2D eigenvalue weighted by Gasteiger charge is -2.45. The predicted octanol–water partition coefficient (Wildman–Crippen LogP) is 2.11. The van der Waals surface area contributed by atoms with Crippen LogP contribution in [0.25, 0.3) is 0 Å². The highest BCUT2D eigenvalue weighted by atomic mass is 15.2. The molecule has 1 atom stereocenters. The summed E-state index contributed by atoms with van der Waals surface area (Å²) < 4.78 is 0. The summed E-state index contributed by atoms with van der Waals surface area (Å²) >= 11 is 0. The molecule has 3 aliphatic heterocycles. The Morgan fingerprint density at radius 1 is 1.20 bits per heavy atom. The fraction of sp³-hybridized carbons (Fsp3) is 1.00. The van der Waals surface area contributed by atoms with Gasteiger partial charge in [0.1, 0.15) is 0 Å². The van der Waals surface area contributed by atoms with Gasteiger partial charge in [0.25, 0.3) is 0 Å². The number of rotatable bonds is 5. The van der Waals surface area contributed by atoms with Crippen molar-refractivity contribution in [1.29, 1.82) is 0 Å². The van der Waals surface area contributed by atoms with Crippen LogP contribution in [-0.2, 0) is 0 Å². The van der Waals surface area contributed by atoms with E-state index in [2.05, 4.69) is 24.1 Å². The molecule has 0 aromatic heterocycles. The molecule has 3 aliphatic rings. The molecule has 0 saturated carbocycles. The monoisotopic (exact) mass is 210 g/mol. The lowest BCUT2D eigenvalue weighted by atomic mass is 9.84. The number of fused-ring (bicyclic) bond motifs is 3. The molecule has 0 amide bonds. The van der Waals surface area contributed by atoms with Crippen LogP contribution in [0.4, 0.5) is 0 Å². The van der Waals surface area contributed by atoms with Gasteiger partial charge in [0.15, 0.2) is 0 Å². The normalized spacial score (nSPS) is 35.0. The van der Waals surface area contributed by atoms with E-state index in [9.17, 15) is 0 Å². The number of nitrogens with zero attached hydrogens (tertiary/aromatic N) is 1. The summed E-state index contributed by atoms with van der Waals surface area (Å²) in [4.78, 5) is 2.63. The first-order valence-electron chi connectivity index (χ1n) is 6.79. The van der Waals surface area contributed by atoms with Crippen molar-refractivity contribution in [2.24, 2.45) is 11.8 Å². The first kappa shape index (κ1) is 11.4. The maximum Gasteiger partial charge on any atom is 0.0224 e. The molecule has 2 bridgehead atoms. The topological polar surface area (TPSA) is 15.3 Å². The molecular formula is C13H26N2. The molecule has 15 heavy (non-hydrogen) atoms. The van der Waals surface area contributed by atoms with Crippen LogP contribution in [0, 0.1) is 11.8 Å². The lowest BCUT2D eigenvalue weighted by Crippen LogP contribution is -2.56. The van der Waals surface area contributed by atoms with Crippen LogP contribution in [0.2, 0.25) is 0 Å². The van der Waals surface area contributed by atoms with E-state index in [4.69, 9.17) is 0 Å². The molecule has 0 radical (unpaired) electrons. The van der Waals surface area contributed by atoms with Gasteiger partial charge < -0.3 is 10.2 Å². The third-order valence-corrected chi connectivity index (χ3v) is 4.48. The molecule has 2 nitrogen and oxygen atoms in total. The van der Waals surface area contributed by atoms with Crippen molar-refractivity contribution < 1.29 is 0 Å². The minimum Gasteiger partial charge on any atom is -0.312 e. The van der Waals surface area contributed by atoms with Crippen LogP contribution in [0.3, 0.4) is 0 Å². The first-order chi connectivity index (χ1) is 7.33. The molecule has 3 fully saturated rings. The van der Waals surface area contributed by atoms with Gasteiger partial charge in [-0.25, -0.2) is 0 Å². The standard InChI is InChI=1S/C13H26N2/c1-3-11(4-2)9-14-13-10-15-7-5-12(13)6-8-15/h11-14H,3-10H2,1-2H3. The SMILES string of the molecule is CCC(CC)CNC1CN2CCC1CC2. The predicted molar refractivity (Wildman–Crippen MR) is 65.0 cm³/mol. The number of hydrogen-bond acceptors (Lipinski definition) is 2. The largest absolute Gasteiger partial charge is 0.312 e. The summed E-state index contributed by atoms with van der Waals surface area (Å²) in [7, 11) is 0. The van der Waals surface area contributed by atoms with Crippen LogP contribution in [-0.4, -0.2) is 37.1 Å². The van der Waals surface area contributed by atoms with Crippen LogP contribution >= 0.6 is 0 Å². The Balaban J connectivity index is 1.75. The van der Waals surface area contributed by atoms with Gasteiger partial charge >= 0.3 is 0 Å². The van der Waals surface area contributed by atoms with E-state index in [1.807, 2.05) is 0 Å². The van der Waals surface area contributed by atoms with E-state index >= 15 is 0 Å². The average Bonchev–Trinajstić information content (AvgIpc) is 2.32. The zero-order valence-electron chi connectivity index (χ0n) is 10.3. The minimum absolute atomic E-state index is 0.799. The summed E-state index contributed by atoms with van der Waals surface area (Å²) in [6.45, 7) is 9.88. The van der Waals surface area contributed by atoms with Crippen molar-refractivity contribution in [2.45, 2.75) is 45.6 Å². The van der Waals surface area contributed by atoms with Crippen LogP contribution in [0.15, 0.2) is 0 Å². The van der Waals surface area contributed by atoms with E-state index < -0.39 is 0 Å². The third-order valence-electron chi connectivity index (χ3n) is 4.48. The highest BCUT2D eigenvalue weighted by Gasteiger charge is 2.33. The van der Waals surface area contributed by atoms with Gasteiger partial charge in [0.2, 0.25) is 0 Å². The second-order valence-corrected chi connectivity index (χ2v) is 5.34. The van der Waals surface area contributed by atoms with E-state index in [1.54, 1.807) is 0 Å². The van der Waals surface area contributed by atoms with Crippen molar-refractivity contribution in [1.82, 2.24) is 10.2 Å². The Morgan fingerprint density at radius 2 is 1.87 bits per heavy atom. The fourth-order valence-electron chi connectivity index (χ4n) is 3.09. The quantitative estimate of drug-likeness (QED) is 0.747. The van der Waals surface area contributed by atoms with Crippen molar-refractivity contribution >= 4 is 0 Å². The van der Waals surface area contributed by atoms with Crippen LogP contribution in [0.1, 0.15) is 39.5 Å². The van der Waals surface area contributed by atoms with E-state index in [0.29, 0.717) is 0 Å². The molecule has 0 aromatic carbocycles. The molecule has 1 N–H and O–H groups in total. The molecule has 1 unspecified atom stereocenters. The van der Waals surface area contributed by atoms with E-state index in [1.165, 1.54) is 51.9 Å². The smallest absolute Gasteiger partial charge is 0.0224 e. The summed E-state index contributed by atoms with van der Waals surface area (Å²) in [5, 5.41) is 3.81. The van der Waals surface area contributed by atoms with Crippen molar-refractivity contribution in [3.63, 3.8) is 0 Å². The highest BCUT2D eigenvalue weighted by molar-refractivity contribution is 4.91. The van der Waals surface area contributed by atoms with Gasteiger partial charge in [-0.2, -0.15) is 0 Å². The van der Waals surface area contributed by atoms with Crippen LogP contribution < -0.4 is 5.32 Å². The Bertz CT molecular complexity index is 181. The summed E-state index contributed by atoms with van der Waals surface area (Å²) in [5.41, 5.74) is 0. The maximum atomic E-state index is 3.81. The van der Waals surface area contributed by atoms with Crippen molar-refractivity contribution in [2.75, 3.05) is 26.2 Å². The van der Waals surface area contributed by atoms with E-state index in [0.717, 1.165) is 17.9 Å². The van der Waals surface area contributed by atoms with Gasteiger partial charge in [-0.15, -0.1) is 0 Å². The first-order valence-corrected chi connectivity index (χ1v) is 6.79. The number of nitrogens with one attached hydrogen (secondary N) is 1. The second-order valence-electron chi connectivity index (χ2n) is 5.34. The lowest BCUT2D eigenvalue weighted by molar-refractivity contribution is 0.0706. The Hall–Kier alpha value is -0.0800. The van der Waals surface area contributed by atoms with Gasteiger partial charge in [0, 0.05) is 12.6 Å². The Labute approximate surface area is 94.4 Å². The minimum atomic E-state index is 0.799. The average molecular weight is 210 g/mol. The number of piperidine rings is 3. The molecule has 2 heteroatoms. The van der Waals surface area contributed by atoms with Gasteiger partial charge in [-0.05, 0) is 44.3 Å². The molecule has 0 spiro atoms. The van der Waals surface area contributed by atoms with Gasteiger partial charge in [-0.3, -0.25) is 0 Å². The Kier molecular flexibility index (Phi) is 4.04. The second kappa shape index (κ2) is 5.31. The van der Waals surface area contributed by atoms with Crippen molar-refractivity contribution in [3.05, 3.63) is 0 Å². The molecular weight excluding hydrogens is 184 g/mol. The van der Waals surface area contributed by atoms with Gasteiger partial charge in [-0.1, -0.05) is 26.7 Å².